The van der Waals surface area contributed by atoms with Gasteiger partial charge in [-0.25, -0.2) is 4.39 Å². The van der Waals surface area contributed by atoms with Gasteiger partial charge in [-0.3, -0.25) is 4.79 Å². The number of amides is 1. The second-order valence-corrected chi connectivity index (χ2v) is 11.0. The lowest BCUT2D eigenvalue weighted by Gasteiger charge is -2.20. The fraction of sp³-hybridized carbons (Fsp3) is 0.364. The summed E-state index contributed by atoms with van der Waals surface area (Å²) in [6, 6.07) is 17.9. The minimum absolute atomic E-state index is 0.134. The van der Waals surface area contributed by atoms with Gasteiger partial charge in [-0.05, 0) is 85.4 Å². The van der Waals surface area contributed by atoms with Gasteiger partial charge in [0.2, 0.25) is 0 Å². The molecule has 7 heteroatoms. The molecule has 5 N–H and O–H groups in total. The molecule has 1 aliphatic carbocycles. The molecule has 0 radical (unpaired) electrons. The number of halogens is 1. The van der Waals surface area contributed by atoms with E-state index in [1.165, 1.54) is 24.1 Å². The highest BCUT2D eigenvalue weighted by atomic mass is 19.1. The van der Waals surface area contributed by atoms with Crippen LogP contribution in [-0.4, -0.2) is 44.3 Å². The zero-order valence-corrected chi connectivity index (χ0v) is 22.8. The van der Waals surface area contributed by atoms with E-state index in [4.69, 9.17) is 9.47 Å². The largest absolute Gasteiger partial charge is 0.484 e. The highest BCUT2D eigenvalue weighted by Crippen LogP contribution is 2.36. The van der Waals surface area contributed by atoms with E-state index in [-0.39, 0.29) is 23.9 Å². The van der Waals surface area contributed by atoms with Crippen molar-refractivity contribution < 1.29 is 29.3 Å². The van der Waals surface area contributed by atoms with Gasteiger partial charge in [0.15, 0.2) is 12.2 Å². The lowest BCUT2D eigenvalue weighted by molar-refractivity contribution is -0.638. The van der Waals surface area contributed by atoms with E-state index in [2.05, 4.69) is 22.0 Å². The van der Waals surface area contributed by atoms with E-state index in [0.717, 1.165) is 86.5 Å². The number of carbonyl (C=O) groups excluding carboxylic acids is 1. The Morgan fingerprint density at radius 1 is 0.825 bits per heavy atom. The molecule has 208 valence electrons. The van der Waals surface area contributed by atoms with Crippen LogP contribution in [0.2, 0.25) is 0 Å². The van der Waals surface area contributed by atoms with Crippen LogP contribution in [0.5, 0.6) is 11.5 Å². The van der Waals surface area contributed by atoms with Crippen molar-refractivity contribution >= 4 is 17.2 Å². The van der Waals surface area contributed by atoms with Crippen LogP contribution in [0.25, 0.3) is 16.7 Å². The van der Waals surface area contributed by atoms with Gasteiger partial charge < -0.3 is 25.4 Å². The van der Waals surface area contributed by atoms with Crippen LogP contribution in [0.1, 0.15) is 54.4 Å². The molecule has 1 amide bonds. The minimum Gasteiger partial charge on any atom is -0.484 e. The lowest BCUT2D eigenvalue weighted by Crippen LogP contribution is -2.81. The first-order valence-corrected chi connectivity index (χ1v) is 14.6. The van der Waals surface area contributed by atoms with Crippen molar-refractivity contribution in [1.29, 1.82) is 0 Å². The summed E-state index contributed by atoms with van der Waals surface area (Å²) < 4.78 is 26.4. The maximum Gasteiger partial charge on any atom is 0.255 e. The Morgan fingerprint density at radius 2 is 1.52 bits per heavy atom. The molecule has 3 aliphatic rings. The van der Waals surface area contributed by atoms with Gasteiger partial charge in [0.05, 0.1) is 13.1 Å². The summed E-state index contributed by atoms with van der Waals surface area (Å²) in [5.74, 6) is 1.14. The molecule has 0 bridgehead atoms. The molecule has 2 atom stereocenters. The van der Waals surface area contributed by atoms with Crippen LogP contribution in [0.3, 0.4) is 0 Å². The molecule has 0 aromatic heterocycles. The number of hydrogen-bond acceptors (Lipinski definition) is 3. The molecular weight excluding hydrogens is 505 g/mol. The van der Waals surface area contributed by atoms with E-state index < -0.39 is 0 Å². The SMILES string of the molecule is O=C(Nc1ccc(O[C@H]2CC[NH2+]C2)c(-c2ccc(F)cc2)c1)c1ccc(O[C@H]2CC[NH2+]C2)c(C2=CCCCC2)c1. The molecule has 2 fully saturated rings. The third-order valence-electron chi connectivity index (χ3n) is 8.10. The van der Waals surface area contributed by atoms with Gasteiger partial charge in [-0.1, -0.05) is 18.2 Å². The molecule has 6 rings (SSSR count). The minimum atomic E-state index is -0.288. The van der Waals surface area contributed by atoms with E-state index in [0.29, 0.717) is 11.3 Å². The fourth-order valence-corrected chi connectivity index (χ4v) is 5.90. The third-order valence-corrected chi connectivity index (χ3v) is 8.10. The first-order valence-electron chi connectivity index (χ1n) is 14.6. The van der Waals surface area contributed by atoms with Crippen molar-refractivity contribution in [1.82, 2.24) is 0 Å². The normalized spacial score (nSPS) is 20.7. The third kappa shape index (κ3) is 6.21. The van der Waals surface area contributed by atoms with Crippen molar-refractivity contribution in [3.63, 3.8) is 0 Å². The number of carbonyl (C=O) groups is 1. The first-order chi connectivity index (χ1) is 19.6. The number of nitrogens with two attached hydrogens (primary N) is 2. The maximum atomic E-state index is 13.7. The molecule has 6 nitrogen and oxygen atoms in total. The number of quaternary nitrogens is 2. The number of allylic oxidation sites excluding steroid dienone is 2. The Kier molecular flexibility index (Phi) is 8.11. The molecule has 2 aliphatic heterocycles. The summed E-state index contributed by atoms with van der Waals surface area (Å²) in [7, 11) is 0. The number of hydrogen-bond donors (Lipinski definition) is 3. The molecule has 3 aromatic rings. The second kappa shape index (κ2) is 12.2. The number of rotatable bonds is 8. The van der Waals surface area contributed by atoms with Crippen LogP contribution in [0, 0.1) is 5.82 Å². The summed E-state index contributed by atoms with van der Waals surface area (Å²) in [4.78, 5) is 13.5. The zero-order chi connectivity index (χ0) is 27.3. The molecular formula is C33H38FN3O3+2. The average molecular weight is 544 g/mol. The molecule has 0 saturated carbocycles. The summed E-state index contributed by atoms with van der Waals surface area (Å²) in [5, 5.41) is 7.62. The van der Waals surface area contributed by atoms with Crippen LogP contribution >= 0.6 is 0 Å². The van der Waals surface area contributed by atoms with Crippen LogP contribution in [0.4, 0.5) is 10.1 Å². The van der Waals surface area contributed by atoms with Crippen LogP contribution in [-0.2, 0) is 0 Å². The molecule has 0 unspecified atom stereocenters. The van der Waals surface area contributed by atoms with Gasteiger partial charge in [-0.2, -0.15) is 0 Å². The van der Waals surface area contributed by atoms with Gasteiger partial charge in [0.25, 0.3) is 5.91 Å². The number of benzene rings is 3. The van der Waals surface area contributed by atoms with Crippen LogP contribution < -0.4 is 25.4 Å². The molecule has 2 saturated heterocycles. The van der Waals surface area contributed by atoms with E-state index >= 15 is 0 Å². The topological polar surface area (TPSA) is 80.8 Å². The average Bonchev–Trinajstić information content (AvgIpc) is 3.70. The van der Waals surface area contributed by atoms with E-state index in [9.17, 15) is 9.18 Å². The van der Waals surface area contributed by atoms with E-state index in [1.54, 1.807) is 12.1 Å². The zero-order valence-electron chi connectivity index (χ0n) is 22.8. The summed E-state index contributed by atoms with van der Waals surface area (Å²) in [6.07, 6.45) is 9.07. The maximum absolute atomic E-state index is 13.7. The summed E-state index contributed by atoms with van der Waals surface area (Å²) in [5.41, 5.74) is 5.22. The predicted molar refractivity (Wildman–Crippen MR) is 154 cm³/mol. The van der Waals surface area contributed by atoms with Crippen molar-refractivity contribution in [2.45, 2.75) is 50.7 Å². The summed E-state index contributed by atoms with van der Waals surface area (Å²) >= 11 is 0. The monoisotopic (exact) mass is 543 g/mol. The highest BCUT2D eigenvalue weighted by molar-refractivity contribution is 6.05. The van der Waals surface area contributed by atoms with Crippen LogP contribution in [0.15, 0.2) is 66.7 Å². The predicted octanol–water partition coefficient (Wildman–Crippen LogP) is 4.13. The molecule has 2 heterocycles. The van der Waals surface area contributed by atoms with Crippen molar-refractivity contribution in [2.75, 3.05) is 31.5 Å². The quantitative estimate of drug-likeness (QED) is 0.400. The molecule has 40 heavy (non-hydrogen) atoms. The Balaban J connectivity index is 1.27. The lowest BCUT2D eigenvalue weighted by atomic mass is 9.92. The Labute approximate surface area is 235 Å². The van der Waals surface area contributed by atoms with Gasteiger partial charge >= 0.3 is 0 Å². The standard InChI is InChI=1S/C33H36FN3O3/c34-25-9-6-23(7-10-25)30-19-26(11-13-32(30)40-28-15-17-36-21-28)37-33(38)24-8-12-31(39-27-14-16-35-20-27)29(18-24)22-4-2-1-3-5-22/h4,6-13,18-19,27-28,35-36H,1-3,5,14-17,20-21H2,(H,37,38)/p+2/t27-,28-/m0/s1. The molecule has 3 aromatic carbocycles. The molecule has 0 spiro atoms. The fourth-order valence-electron chi connectivity index (χ4n) is 5.90. The van der Waals surface area contributed by atoms with Gasteiger partial charge in [0.1, 0.15) is 30.4 Å². The van der Waals surface area contributed by atoms with Gasteiger partial charge in [-0.15, -0.1) is 0 Å². The Hall–Kier alpha value is -3.68. The summed E-state index contributed by atoms with van der Waals surface area (Å²) in [6.45, 7) is 4.02. The number of ether oxygens (including phenoxy) is 2. The highest BCUT2D eigenvalue weighted by Gasteiger charge is 2.24. The Morgan fingerprint density at radius 3 is 2.17 bits per heavy atom. The second-order valence-electron chi connectivity index (χ2n) is 11.0. The number of nitrogens with one attached hydrogen (secondary N) is 1. The van der Waals surface area contributed by atoms with E-state index in [1.807, 2.05) is 36.4 Å². The smallest absolute Gasteiger partial charge is 0.255 e. The van der Waals surface area contributed by atoms with Crippen molar-refractivity contribution in [2.24, 2.45) is 0 Å². The number of anilines is 1. The first kappa shape index (κ1) is 26.5. The van der Waals surface area contributed by atoms with Gasteiger partial charge in [0, 0.05) is 35.2 Å². The van der Waals surface area contributed by atoms with Crippen molar-refractivity contribution in [3.8, 4) is 22.6 Å². The van der Waals surface area contributed by atoms with Crippen molar-refractivity contribution in [3.05, 3.63) is 83.7 Å². The Bertz CT molecular complexity index is 1380.